The summed E-state index contributed by atoms with van der Waals surface area (Å²) in [4.78, 5) is 10.9. The third kappa shape index (κ3) is 3.63. The van der Waals surface area contributed by atoms with E-state index in [-0.39, 0.29) is 0 Å². The van der Waals surface area contributed by atoms with Gasteiger partial charge in [0, 0.05) is 16.0 Å². The summed E-state index contributed by atoms with van der Waals surface area (Å²) in [5.41, 5.74) is 0.785. The number of carbonyl (C=O) groups excluding carboxylic acids is 1. The molecule has 0 N–H and O–H groups in total. The molecule has 0 spiro atoms. The Hall–Kier alpha value is -1.27. The molecule has 0 aliphatic rings. The largest absolute Gasteiger partial charge is 0.456 e. The first-order chi connectivity index (χ1) is 6.72. The highest BCUT2D eigenvalue weighted by atomic mass is 79.9. The highest BCUT2D eigenvalue weighted by molar-refractivity contribution is 9.10. The van der Waals surface area contributed by atoms with Crippen LogP contribution in [0.15, 0.2) is 28.7 Å². The summed E-state index contributed by atoms with van der Waals surface area (Å²) in [6.07, 6.45) is 0. The zero-order valence-electron chi connectivity index (χ0n) is 7.71. The van der Waals surface area contributed by atoms with Crippen LogP contribution in [-0.4, -0.2) is 12.6 Å². The maximum absolute atomic E-state index is 10.9. The summed E-state index contributed by atoms with van der Waals surface area (Å²) in [5.74, 6) is 4.62. The molecule has 0 fully saturated rings. The third-order valence-electron chi connectivity index (χ3n) is 1.41. The second kappa shape index (κ2) is 5.46. The first kappa shape index (κ1) is 10.8. The zero-order chi connectivity index (χ0) is 10.4. The molecule has 0 radical (unpaired) electrons. The molecule has 2 nitrogen and oxygen atoms in total. The average molecular weight is 253 g/mol. The van der Waals surface area contributed by atoms with Gasteiger partial charge in [0.1, 0.15) is 0 Å². The van der Waals surface area contributed by atoms with Crippen LogP contribution in [0, 0.1) is 11.8 Å². The van der Waals surface area contributed by atoms with E-state index in [1.54, 1.807) is 6.92 Å². The van der Waals surface area contributed by atoms with Crippen molar-refractivity contribution in [2.45, 2.75) is 6.92 Å². The van der Waals surface area contributed by atoms with Gasteiger partial charge >= 0.3 is 5.97 Å². The topological polar surface area (TPSA) is 26.3 Å². The second-order valence-electron chi connectivity index (χ2n) is 2.48. The first-order valence-corrected chi connectivity index (χ1v) is 4.96. The Morgan fingerprint density at radius 1 is 1.57 bits per heavy atom. The first-order valence-electron chi connectivity index (χ1n) is 4.16. The number of carbonyl (C=O) groups is 1. The Morgan fingerprint density at radius 2 is 2.36 bits per heavy atom. The van der Waals surface area contributed by atoms with Gasteiger partial charge in [-0.25, -0.2) is 4.79 Å². The monoisotopic (exact) mass is 252 g/mol. The van der Waals surface area contributed by atoms with Crippen LogP contribution in [0.3, 0.4) is 0 Å². The average Bonchev–Trinajstić information content (AvgIpc) is 2.15. The van der Waals surface area contributed by atoms with E-state index in [9.17, 15) is 4.79 Å². The van der Waals surface area contributed by atoms with Crippen molar-refractivity contribution in [2.24, 2.45) is 0 Å². The highest BCUT2D eigenvalue weighted by Crippen LogP contribution is 2.10. The quantitative estimate of drug-likeness (QED) is 0.567. The fourth-order valence-electron chi connectivity index (χ4n) is 0.857. The summed E-state index contributed by atoms with van der Waals surface area (Å²) in [5, 5.41) is 0. The van der Waals surface area contributed by atoms with Gasteiger partial charge in [-0.1, -0.05) is 27.9 Å². The van der Waals surface area contributed by atoms with Crippen LogP contribution < -0.4 is 0 Å². The molecule has 72 valence electrons. The molecule has 0 aliphatic heterocycles. The summed E-state index contributed by atoms with van der Waals surface area (Å²) in [6.45, 7) is 2.10. The van der Waals surface area contributed by atoms with Crippen LogP contribution in [0.1, 0.15) is 12.5 Å². The van der Waals surface area contributed by atoms with Crippen LogP contribution >= 0.6 is 15.9 Å². The molecule has 0 aromatic heterocycles. The van der Waals surface area contributed by atoms with Gasteiger partial charge in [-0.15, -0.1) is 0 Å². The van der Waals surface area contributed by atoms with E-state index in [4.69, 9.17) is 0 Å². The van der Waals surface area contributed by atoms with Crippen molar-refractivity contribution in [3.8, 4) is 11.8 Å². The molecule has 0 bridgehead atoms. The highest BCUT2D eigenvalue weighted by Gasteiger charge is 1.93. The molecule has 0 atom stereocenters. The van der Waals surface area contributed by atoms with Crippen molar-refractivity contribution in [2.75, 3.05) is 6.61 Å². The Bertz CT molecular complexity index is 388. The molecule has 1 aromatic carbocycles. The predicted molar refractivity (Wildman–Crippen MR) is 57.7 cm³/mol. The smallest absolute Gasteiger partial charge is 0.384 e. The van der Waals surface area contributed by atoms with E-state index in [0.717, 1.165) is 10.0 Å². The number of benzene rings is 1. The molecule has 0 heterocycles. The van der Waals surface area contributed by atoms with Crippen LogP contribution in [0.4, 0.5) is 0 Å². The number of hydrogen-bond acceptors (Lipinski definition) is 2. The van der Waals surface area contributed by atoms with E-state index in [0.29, 0.717) is 6.61 Å². The molecule has 14 heavy (non-hydrogen) atoms. The fourth-order valence-corrected chi connectivity index (χ4v) is 1.26. The SMILES string of the molecule is CCOC(=O)C#Cc1cccc(Br)c1. The van der Waals surface area contributed by atoms with E-state index in [1.165, 1.54) is 0 Å². The number of esters is 1. The van der Waals surface area contributed by atoms with E-state index in [1.807, 2.05) is 24.3 Å². The summed E-state index contributed by atoms with van der Waals surface area (Å²) in [6, 6.07) is 7.43. The third-order valence-corrected chi connectivity index (χ3v) is 1.90. The standard InChI is InChI=1S/C11H9BrO2/c1-2-14-11(13)7-6-9-4-3-5-10(12)8-9/h3-5,8H,2H2,1H3. The van der Waals surface area contributed by atoms with Crippen LogP contribution in [0.25, 0.3) is 0 Å². The minimum absolute atomic E-state index is 0.353. The van der Waals surface area contributed by atoms with Gasteiger partial charge in [-0.3, -0.25) is 0 Å². The molecule has 0 aliphatic carbocycles. The van der Waals surface area contributed by atoms with Crippen molar-refractivity contribution in [3.63, 3.8) is 0 Å². The van der Waals surface area contributed by atoms with E-state index in [2.05, 4.69) is 32.5 Å². The Morgan fingerprint density at radius 3 is 3.00 bits per heavy atom. The summed E-state index contributed by atoms with van der Waals surface area (Å²) >= 11 is 3.32. The number of halogens is 1. The molecule has 0 amide bonds. The number of ether oxygens (including phenoxy) is 1. The molecule has 1 aromatic rings. The minimum Gasteiger partial charge on any atom is -0.456 e. The molecular weight excluding hydrogens is 244 g/mol. The Kier molecular flexibility index (Phi) is 4.21. The summed E-state index contributed by atoms with van der Waals surface area (Å²) < 4.78 is 5.61. The molecule has 1 rings (SSSR count). The van der Waals surface area contributed by atoms with Gasteiger partial charge in [0.05, 0.1) is 6.61 Å². The van der Waals surface area contributed by atoms with Crippen LogP contribution in [0.5, 0.6) is 0 Å². The molecule has 0 saturated heterocycles. The predicted octanol–water partition coefficient (Wildman–Crippen LogP) is 2.36. The van der Waals surface area contributed by atoms with Crippen LogP contribution in [-0.2, 0) is 9.53 Å². The van der Waals surface area contributed by atoms with E-state index >= 15 is 0 Å². The zero-order valence-corrected chi connectivity index (χ0v) is 9.30. The van der Waals surface area contributed by atoms with Crippen molar-refractivity contribution < 1.29 is 9.53 Å². The molecule has 0 saturated carbocycles. The van der Waals surface area contributed by atoms with Crippen molar-refractivity contribution in [3.05, 3.63) is 34.3 Å². The van der Waals surface area contributed by atoms with Gasteiger partial charge in [-0.05, 0) is 25.1 Å². The maximum atomic E-state index is 10.9. The van der Waals surface area contributed by atoms with Gasteiger partial charge in [0.2, 0.25) is 0 Å². The lowest BCUT2D eigenvalue weighted by Crippen LogP contribution is -1.99. The van der Waals surface area contributed by atoms with Gasteiger partial charge < -0.3 is 4.74 Å². The Balaban J connectivity index is 2.72. The van der Waals surface area contributed by atoms with Gasteiger partial charge in [-0.2, -0.15) is 0 Å². The normalized spacial score (nSPS) is 8.71. The number of hydrogen-bond donors (Lipinski definition) is 0. The van der Waals surface area contributed by atoms with Crippen LogP contribution in [0.2, 0.25) is 0 Å². The minimum atomic E-state index is -0.493. The lowest BCUT2D eigenvalue weighted by Gasteiger charge is -1.92. The summed E-state index contributed by atoms with van der Waals surface area (Å²) in [7, 11) is 0. The second-order valence-corrected chi connectivity index (χ2v) is 3.40. The van der Waals surface area contributed by atoms with Gasteiger partial charge in [0.15, 0.2) is 0 Å². The molecule has 3 heteroatoms. The Labute approximate surface area is 91.4 Å². The van der Waals surface area contributed by atoms with Gasteiger partial charge in [0.25, 0.3) is 0 Å². The molecule has 0 unspecified atom stereocenters. The van der Waals surface area contributed by atoms with E-state index < -0.39 is 5.97 Å². The number of rotatable bonds is 1. The maximum Gasteiger partial charge on any atom is 0.384 e. The molecular formula is C11H9BrO2. The fraction of sp³-hybridized carbons (Fsp3) is 0.182. The van der Waals surface area contributed by atoms with Crippen molar-refractivity contribution in [1.82, 2.24) is 0 Å². The van der Waals surface area contributed by atoms with Crippen molar-refractivity contribution >= 4 is 21.9 Å². The van der Waals surface area contributed by atoms with Crippen molar-refractivity contribution in [1.29, 1.82) is 0 Å². The lowest BCUT2D eigenvalue weighted by atomic mass is 10.2. The lowest BCUT2D eigenvalue weighted by molar-refractivity contribution is -0.136.